The Labute approximate surface area is 113 Å². The summed E-state index contributed by atoms with van der Waals surface area (Å²) in [6.07, 6.45) is 4.67. The van der Waals surface area contributed by atoms with Crippen LogP contribution in [0.4, 0.5) is 0 Å². The van der Waals surface area contributed by atoms with Crippen molar-refractivity contribution in [3.63, 3.8) is 0 Å². The highest BCUT2D eigenvalue weighted by atomic mass is 32.2. The van der Waals surface area contributed by atoms with Crippen LogP contribution in [0.5, 0.6) is 0 Å². The molecule has 1 aliphatic rings. The van der Waals surface area contributed by atoms with Crippen molar-refractivity contribution in [1.29, 1.82) is 0 Å². The number of nitrogens with zero attached hydrogens (tertiary/aromatic N) is 2. The van der Waals surface area contributed by atoms with E-state index in [1.165, 1.54) is 36.0 Å². The molecule has 0 radical (unpaired) electrons. The van der Waals surface area contributed by atoms with E-state index in [2.05, 4.69) is 9.97 Å². The summed E-state index contributed by atoms with van der Waals surface area (Å²) in [5.41, 5.74) is 2.48. The molecule has 0 saturated carbocycles. The first kappa shape index (κ1) is 13.5. The lowest BCUT2D eigenvalue weighted by Gasteiger charge is -2.17. The van der Waals surface area contributed by atoms with Crippen LogP contribution in [0.2, 0.25) is 0 Å². The van der Waals surface area contributed by atoms with E-state index in [4.69, 9.17) is 0 Å². The van der Waals surface area contributed by atoms with Crippen LogP contribution in [0.1, 0.15) is 38.1 Å². The monoisotopic (exact) mass is 267 g/mol. The quantitative estimate of drug-likeness (QED) is 0.832. The second-order valence-electron chi connectivity index (χ2n) is 4.53. The van der Waals surface area contributed by atoms with Crippen LogP contribution in [0.25, 0.3) is 0 Å². The van der Waals surface area contributed by atoms with Crippen molar-refractivity contribution in [3.8, 4) is 0 Å². The second-order valence-corrected chi connectivity index (χ2v) is 5.49. The predicted molar refractivity (Wildman–Crippen MR) is 73.9 cm³/mol. The molecule has 1 aliphatic carbocycles. The highest BCUT2D eigenvalue weighted by molar-refractivity contribution is 7.99. The number of thioether (sulfide) groups is 1. The van der Waals surface area contributed by atoms with Gasteiger partial charge in [-0.25, -0.2) is 4.98 Å². The minimum atomic E-state index is 0.194. The Morgan fingerprint density at radius 1 is 1.33 bits per heavy atom. The minimum Gasteiger partial charge on any atom is -0.343 e. The lowest BCUT2D eigenvalue weighted by atomic mass is 10.0. The molecular formula is C13H21N3OS. The number of carbonyl (C=O) groups is 1. The summed E-state index contributed by atoms with van der Waals surface area (Å²) in [5.74, 6) is 0.674. The van der Waals surface area contributed by atoms with Crippen molar-refractivity contribution < 1.29 is 4.79 Å². The number of carbonyl (C=O) groups excluding carboxylic acids is 1. The number of H-pyrrole nitrogens is 1. The minimum absolute atomic E-state index is 0.194. The van der Waals surface area contributed by atoms with E-state index < -0.39 is 0 Å². The standard InChI is InChI=1S/C13H21N3OS/c1-3-16(4-2)12(17)9-18-13-14-10-7-5-6-8-11(10)15-13/h3-9H2,1-2H3,(H,14,15). The average Bonchev–Trinajstić information content (AvgIpc) is 2.80. The molecule has 0 aromatic carbocycles. The van der Waals surface area contributed by atoms with E-state index in [0.29, 0.717) is 5.75 Å². The molecule has 0 unspecified atom stereocenters. The van der Waals surface area contributed by atoms with E-state index in [1.807, 2.05) is 18.7 Å². The molecule has 1 aromatic heterocycles. The van der Waals surface area contributed by atoms with E-state index >= 15 is 0 Å². The van der Waals surface area contributed by atoms with Crippen molar-refractivity contribution in [2.45, 2.75) is 44.7 Å². The molecule has 0 spiro atoms. The first-order chi connectivity index (χ1) is 8.74. The molecule has 0 fully saturated rings. The molecule has 4 nitrogen and oxygen atoms in total. The SMILES string of the molecule is CCN(CC)C(=O)CSc1nc2c([nH]1)CCCC2. The normalized spacial score (nSPS) is 14.3. The lowest BCUT2D eigenvalue weighted by molar-refractivity contribution is -0.127. The lowest BCUT2D eigenvalue weighted by Crippen LogP contribution is -2.31. The Bertz CT molecular complexity index is 389. The second kappa shape index (κ2) is 6.27. The number of imidazole rings is 1. The number of aryl methyl sites for hydroxylation is 2. The van der Waals surface area contributed by atoms with Gasteiger partial charge >= 0.3 is 0 Å². The van der Waals surface area contributed by atoms with Gasteiger partial charge in [-0.3, -0.25) is 4.79 Å². The molecule has 1 N–H and O–H groups in total. The van der Waals surface area contributed by atoms with Crippen LogP contribution in [0.3, 0.4) is 0 Å². The fourth-order valence-electron chi connectivity index (χ4n) is 2.29. The molecule has 1 amide bonds. The van der Waals surface area contributed by atoms with E-state index in [-0.39, 0.29) is 5.91 Å². The van der Waals surface area contributed by atoms with Crippen LogP contribution in [0.15, 0.2) is 5.16 Å². The average molecular weight is 267 g/mol. The fraction of sp³-hybridized carbons (Fsp3) is 0.692. The van der Waals surface area contributed by atoms with Crippen molar-refractivity contribution in [2.75, 3.05) is 18.8 Å². The van der Waals surface area contributed by atoms with Gasteiger partial charge in [0.1, 0.15) is 0 Å². The molecule has 5 heteroatoms. The van der Waals surface area contributed by atoms with Crippen molar-refractivity contribution in [2.24, 2.45) is 0 Å². The summed E-state index contributed by atoms with van der Waals surface area (Å²) < 4.78 is 0. The maximum absolute atomic E-state index is 11.9. The van der Waals surface area contributed by atoms with Crippen molar-refractivity contribution in [3.05, 3.63) is 11.4 Å². The first-order valence-electron chi connectivity index (χ1n) is 6.73. The fourth-order valence-corrected chi connectivity index (χ4v) is 3.11. The van der Waals surface area contributed by atoms with Crippen LogP contribution >= 0.6 is 11.8 Å². The molecule has 2 rings (SSSR count). The third-order valence-corrected chi connectivity index (χ3v) is 4.24. The third kappa shape index (κ3) is 3.07. The zero-order chi connectivity index (χ0) is 13.0. The maximum Gasteiger partial charge on any atom is 0.233 e. The molecule has 0 saturated heterocycles. The molecule has 0 aliphatic heterocycles. The van der Waals surface area contributed by atoms with Gasteiger partial charge in [0.15, 0.2) is 5.16 Å². The number of amides is 1. The first-order valence-corrected chi connectivity index (χ1v) is 7.71. The molecule has 100 valence electrons. The third-order valence-electron chi connectivity index (χ3n) is 3.38. The zero-order valence-electron chi connectivity index (χ0n) is 11.2. The van der Waals surface area contributed by atoms with Gasteiger partial charge < -0.3 is 9.88 Å². The number of hydrogen-bond donors (Lipinski definition) is 1. The van der Waals surface area contributed by atoms with Gasteiger partial charge in [-0.1, -0.05) is 11.8 Å². The van der Waals surface area contributed by atoms with Gasteiger partial charge in [0, 0.05) is 18.8 Å². The molecule has 0 atom stereocenters. The summed E-state index contributed by atoms with van der Waals surface area (Å²) >= 11 is 1.52. The largest absolute Gasteiger partial charge is 0.343 e. The Balaban J connectivity index is 1.90. The smallest absolute Gasteiger partial charge is 0.233 e. The summed E-state index contributed by atoms with van der Waals surface area (Å²) in [5, 5.41) is 0.905. The number of fused-ring (bicyclic) bond motifs is 1. The van der Waals surface area contributed by atoms with Gasteiger partial charge in [0.2, 0.25) is 5.91 Å². The number of hydrogen-bond acceptors (Lipinski definition) is 3. The van der Waals surface area contributed by atoms with Crippen molar-refractivity contribution in [1.82, 2.24) is 14.9 Å². The summed E-state index contributed by atoms with van der Waals surface area (Å²) in [7, 11) is 0. The number of rotatable bonds is 5. The Morgan fingerprint density at radius 3 is 2.72 bits per heavy atom. The predicted octanol–water partition coefficient (Wildman–Crippen LogP) is 2.25. The number of nitrogens with one attached hydrogen (secondary N) is 1. The van der Waals surface area contributed by atoms with Gasteiger partial charge in [-0.05, 0) is 39.5 Å². The Morgan fingerprint density at radius 2 is 2.06 bits per heavy atom. The number of aromatic nitrogens is 2. The summed E-state index contributed by atoms with van der Waals surface area (Å²) in [4.78, 5) is 21.7. The Kier molecular flexibility index (Phi) is 4.69. The summed E-state index contributed by atoms with van der Waals surface area (Å²) in [6.45, 7) is 5.59. The Hall–Kier alpha value is -0.970. The highest BCUT2D eigenvalue weighted by Crippen LogP contribution is 2.23. The van der Waals surface area contributed by atoms with Crippen LogP contribution in [0, 0.1) is 0 Å². The van der Waals surface area contributed by atoms with Crippen LogP contribution in [-0.4, -0.2) is 39.6 Å². The number of aromatic amines is 1. The zero-order valence-corrected chi connectivity index (χ0v) is 12.0. The highest BCUT2D eigenvalue weighted by Gasteiger charge is 2.16. The molecule has 0 bridgehead atoms. The molecule has 18 heavy (non-hydrogen) atoms. The van der Waals surface area contributed by atoms with Crippen LogP contribution < -0.4 is 0 Å². The van der Waals surface area contributed by atoms with E-state index in [9.17, 15) is 4.79 Å². The van der Waals surface area contributed by atoms with Crippen LogP contribution in [-0.2, 0) is 17.6 Å². The topological polar surface area (TPSA) is 49.0 Å². The van der Waals surface area contributed by atoms with Gasteiger partial charge in [-0.15, -0.1) is 0 Å². The van der Waals surface area contributed by atoms with E-state index in [0.717, 1.165) is 31.1 Å². The molecule has 1 aromatic rings. The molecule has 1 heterocycles. The van der Waals surface area contributed by atoms with Crippen molar-refractivity contribution >= 4 is 17.7 Å². The van der Waals surface area contributed by atoms with Gasteiger partial charge in [0.05, 0.1) is 11.4 Å². The van der Waals surface area contributed by atoms with Gasteiger partial charge in [0.25, 0.3) is 0 Å². The molecular weight excluding hydrogens is 246 g/mol. The summed E-state index contributed by atoms with van der Waals surface area (Å²) in [6, 6.07) is 0. The van der Waals surface area contributed by atoms with Gasteiger partial charge in [-0.2, -0.15) is 0 Å². The van der Waals surface area contributed by atoms with E-state index in [1.54, 1.807) is 0 Å². The maximum atomic E-state index is 11.9.